The van der Waals surface area contributed by atoms with Gasteiger partial charge >= 0.3 is 0 Å². The summed E-state index contributed by atoms with van der Waals surface area (Å²) in [7, 11) is 2.98. The van der Waals surface area contributed by atoms with Crippen LogP contribution in [-0.2, 0) is 14.3 Å². The van der Waals surface area contributed by atoms with Gasteiger partial charge in [0.1, 0.15) is 6.61 Å². The zero-order valence-electron chi connectivity index (χ0n) is 7.20. The minimum Gasteiger partial charge on any atom is -0.391 e. The van der Waals surface area contributed by atoms with Gasteiger partial charge in [-0.15, -0.1) is 0 Å². The third-order valence-electron chi connectivity index (χ3n) is 0.573. The molecule has 0 radical (unpaired) electrons. The second-order valence-corrected chi connectivity index (χ2v) is 2.32. The molecule has 0 aliphatic heterocycles. The van der Waals surface area contributed by atoms with Crippen molar-refractivity contribution in [2.75, 3.05) is 27.4 Å². The topological polar surface area (TPSA) is 87.6 Å². The first-order valence-electron chi connectivity index (χ1n) is 3.09. The molecule has 0 unspecified atom stereocenters. The van der Waals surface area contributed by atoms with E-state index in [0.717, 1.165) is 0 Å². The van der Waals surface area contributed by atoms with Gasteiger partial charge in [0, 0.05) is 14.2 Å². The fraction of sp³-hybridized carbons (Fsp3) is 0.667. The molecule has 0 aromatic rings. The Morgan fingerprint density at radius 2 is 1.67 bits per heavy atom. The highest BCUT2D eigenvalue weighted by atomic mass is 32.1. The summed E-state index contributed by atoms with van der Waals surface area (Å²) < 4.78 is 8.87. The smallest absolute Gasteiger partial charge is 0.243 e. The van der Waals surface area contributed by atoms with Crippen molar-refractivity contribution < 1.29 is 14.3 Å². The van der Waals surface area contributed by atoms with E-state index in [9.17, 15) is 4.79 Å². The van der Waals surface area contributed by atoms with Crippen LogP contribution in [0.15, 0.2) is 0 Å². The van der Waals surface area contributed by atoms with Crippen molar-refractivity contribution in [2.45, 2.75) is 0 Å². The van der Waals surface area contributed by atoms with Crippen LogP contribution in [0.5, 0.6) is 0 Å². The third-order valence-corrected chi connectivity index (χ3v) is 0.691. The zero-order valence-corrected chi connectivity index (χ0v) is 8.02. The first-order chi connectivity index (χ1) is 5.54. The summed E-state index contributed by atoms with van der Waals surface area (Å²) in [5.74, 6) is -0.433. The Balaban J connectivity index is 0. The summed E-state index contributed by atoms with van der Waals surface area (Å²) in [5.41, 5.74) is 9.65. The average molecular weight is 194 g/mol. The van der Waals surface area contributed by atoms with Gasteiger partial charge in [-0.3, -0.25) is 4.79 Å². The number of rotatable bonds is 4. The molecule has 5 nitrogen and oxygen atoms in total. The molecule has 0 saturated heterocycles. The van der Waals surface area contributed by atoms with Crippen LogP contribution >= 0.6 is 12.2 Å². The predicted molar refractivity (Wildman–Crippen MR) is 49.7 cm³/mol. The number of thiocarbonyl (C=S) groups is 1. The highest BCUT2D eigenvalue weighted by molar-refractivity contribution is 7.80. The van der Waals surface area contributed by atoms with Gasteiger partial charge in [0.25, 0.3) is 0 Å². The van der Waals surface area contributed by atoms with Crippen molar-refractivity contribution in [3.05, 3.63) is 0 Å². The van der Waals surface area contributed by atoms with E-state index < -0.39 is 5.91 Å². The summed E-state index contributed by atoms with van der Waals surface area (Å²) in [6, 6.07) is 0. The van der Waals surface area contributed by atoms with Crippen molar-refractivity contribution in [3.8, 4) is 0 Å². The quantitative estimate of drug-likeness (QED) is 0.563. The van der Waals surface area contributed by atoms with E-state index in [-0.39, 0.29) is 6.61 Å². The summed E-state index contributed by atoms with van der Waals surface area (Å²) in [6.07, 6.45) is 0. The number of carbonyl (C=O) groups excluding carboxylic acids is 1. The molecule has 1 amide bonds. The minimum absolute atomic E-state index is 0.0139. The summed E-state index contributed by atoms with van der Waals surface area (Å²) in [6.45, 7) is 0.398. The van der Waals surface area contributed by atoms with Crippen molar-refractivity contribution in [2.24, 2.45) is 11.5 Å². The van der Waals surface area contributed by atoms with Crippen LogP contribution < -0.4 is 11.5 Å². The number of amides is 1. The minimum atomic E-state index is -0.433. The lowest BCUT2D eigenvalue weighted by Gasteiger charge is -1.88. The number of carbonyl (C=O) groups is 1. The number of nitrogens with two attached hydrogens (primary N) is 2. The molecule has 0 aromatic heterocycles. The van der Waals surface area contributed by atoms with Crippen LogP contribution in [0.4, 0.5) is 0 Å². The van der Waals surface area contributed by atoms with Gasteiger partial charge in [0.05, 0.1) is 11.6 Å². The Bertz CT molecular complexity index is 125. The maximum Gasteiger partial charge on any atom is 0.243 e. The lowest BCUT2D eigenvalue weighted by molar-refractivity contribution is -0.121. The van der Waals surface area contributed by atoms with Gasteiger partial charge < -0.3 is 20.9 Å². The lowest BCUT2D eigenvalue weighted by atomic mass is 10.7. The molecule has 0 rings (SSSR count). The molecule has 72 valence electrons. The molecule has 0 atom stereocenters. The van der Waals surface area contributed by atoms with Gasteiger partial charge in [0.2, 0.25) is 5.91 Å². The molecule has 0 aromatic carbocycles. The number of methoxy groups -OCH3 is 2. The number of ether oxygens (including phenoxy) is 2. The van der Waals surface area contributed by atoms with Gasteiger partial charge in [-0.25, -0.2) is 0 Å². The van der Waals surface area contributed by atoms with E-state index in [4.69, 9.17) is 5.73 Å². The van der Waals surface area contributed by atoms with Gasteiger partial charge in [-0.05, 0) is 0 Å². The molecule has 0 fully saturated rings. The van der Waals surface area contributed by atoms with Gasteiger partial charge in [0.15, 0.2) is 0 Å². The molecule has 0 spiro atoms. The molecule has 0 aliphatic carbocycles. The highest BCUT2D eigenvalue weighted by Crippen LogP contribution is 1.64. The second kappa shape index (κ2) is 10.3. The fourth-order valence-electron chi connectivity index (χ4n) is 0.285. The monoisotopic (exact) mass is 194 g/mol. The summed E-state index contributed by atoms with van der Waals surface area (Å²) in [5, 5.41) is 0. The molecule has 0 bridgehead atoms. The van der Waals surface area contributed by atoms with E-state index in [1.54, 1.807) is 7.11 Å². The maximum atomic E-state index is 9.70. The lowest BCUT2D eigenvalue weighted by Crippen LogP contribution is -2.16. The summed E-state index contributed by atoms with van der Waals surface area (Å²) in [4.78, 5) is 10.1. The van der Waals surface area contributed by atoms with Crippen LogP contribution in [0, 0.1) is 0 Å². The van der Waals surface area contributed by atoms with E-state index in [1.807, 2.05) is 0 Å². The molecule has 12 heavy (non-hydrogen) atoms. The van der Waals surface area contributed by atoms with Crippen LogP contribution in [0.2, 0.25) is 0 Å². The van der Waals surface area contributed by atoms with Crippen molar-refractivity contribution in [1.82, 2.24) is 0 Å². The molecule has 4 N–H and O–H groups in total. The Morgan fingerprint density at radius 1 is 1.25 bits per heavy atom. The van der Waals surface area contributed by atoms with E-state index >= 15 is 0 Å². The first kappa shape index (κ1) is 13.8. The maximum absolute atomic E-state index is 9.70. The van der Waals surface area contributed by atoms with E-state index in [1.165, 1.54) is 7.11 Å². The Labute approximate surface area is 77.0 Å². The highest BCUT2D eigenvalue weighted by Gasteiger charge is 1.84. The Kier molecular flexibility index (Phi) is 11.9. The molecule has 0 saturated carbocycles. The fourth-order valence-corrected chi connectivity index (χ4v) is 0.402. The third kappa shape index (κ3) is 22.8. The number of hydrogen-bond acceptors (Lipinski definition) is 4. The van der Waals surface area contributed by atoms with Crippen molar-refractivity contribution in [1.29, 1.82) is 0 Å². The van der Waals surface area contributed by atoms with E-state index in [0.29, 0.717) is 11.6 Å². The molecular formula is C6H14N2O3S. The Morgan fingerprint density at radius 3 is 1.67 bits per heavy atom. The SMILES string of the molecule is COCC(N)=O.COCC(N)=S. The number of hydrogen-bond donors (Lipinski definition) is 2. The van der Waals surface area contributed by atoms with Crippen molar-refractivity contribution in [3.63, 3.8) is 0 Å². The molecule has 6 heteroatoms. The standard InChI is InChI=1S/C3H7NO2.C3H7NOS/c1-6-2-3(4)5;1-5-2-3(4)6/h2H2,1H3,(H2,4,5);2H2,1H3,(H2,4,6). The molecule has 0 aliphatic rings. The molecule has 0 heterocycles. The Hall–Kier alpha value is -0.720. The van der Waals surface area contributed by atoms with Crippen LogP contribution in [-0.4, -0.2) is 38.3 Å². The predicted octanol–water partition coefficient (Wildman–Crippen LogP) is -0.963. The van der Waals surface area contributed by atoms with Crippen LogP contribution in [0.25, 0.3) is 0 Å². The first-order valence-corrected chi connectivity index (χ1v) is 3.49. The largest absolute Gasteiger partial charge is 0.391 e. The van der Waals surface area contributed by atoms with Crippen molar-refractivity contribution >= 4 is 23.1 Å². The number of primary amides is 1. The summed E-state index contributed by atoms with van der Waals surface area (Å²) >= 11 is 4.45. The second-order valence-electron chi connectivity index (χ2n) is 1.80. The van der Waals surface area contributed by atoms with Gasteiger partial charge in [-0.2, -0.15) is 0 Å². The van der Waals surface area contributed by atoms with Gasteiger partial charge in [-0.1, -0.05) is 12.2 Å². The van der Waals surface area contributed by atoms with Crippen LogP contribution in [0.3, 0.4) is 0 Å². The van der Waals surface area contributed by atoms with E-state index in [2.05, 4.69) is 27.4 Å². The normalized spacial score (nSPS) is 8.17. The molecular weight excluding hydrogens is 180 g/mol. The average Bonchev–Trinajstić information content (AvgIpc) is 1.87. The van der Waals surface area contributed by atoms with Crippen LogP contribution in [0.1, 0.15) is 0 Å². The zero-order chi connectivity index (χ0) is 9.98.